The lowest BCUT2D eigenvalue weighted by atomic mass is 9.83. The molecule has 1 aromatic carbocycles. The van der Waals surface area contributed by atoms with E-state index in [-0.39, 0.29) is 24.5 Å². The van der Waals surface area contributed by atoms with Gasteiger partial charge in [-0.2, -0.15) is 0 Å². The molecule has 0 bridgehead atoms. The summed E-state index contributed by atoms with van der Waals surface area (Å²) in [5, 5.41) is 10.3. The Kier molecular flexibility index (Phi) is 2.95. The Hall–Kier alpha value is -1.00. The second-order valence-corrected chi connectivity index (χ2v) is 4.27. The Morgan fingerprint density at radius 3 is 2.88 bits per heavy atom. The third-order valence-corrected chi connectivity index (χ3v) is 3.00. The number of ether oxygens (including phenoxy) is 1. The van der Waals surface area contributed by atoms with Crippen molar-refractivity contribution in [1.29, 1.82) is 0 Å². The first-order chi connectivity index (χ1) is 7.53. The average Bonchev–Trinajstić information content (AvgIpc) is 2.21. The molecular formula is C12H14F2O2. The number of hydrogen-bond donors (Lipinski definition) is 1. The fourth-order valence-corrected chi connectivity index (χ4v) is 2.17. The number of rotatable bonds is 1. The molecule has 0 saturated carbocycles. The van der Waals surface area contributed by atoms with E-state index in [0.29, 0.717) is 6.61 Å². The Balaban J connectivity index is 2.38. The Morgan fingerprint density at radius 2 is 2.19 bits per heavy atom. The summed E-state index contributed by atoms with van der Waals surface area (Å²) in [6.07, 6.45) is 0.423. The number of hydrogen-bond acceptors (Lipinski definition) is 2. The van der Waals surface area contributed by atoms with Crippen molar-refractivity contribution in [2.24, 2.45) is 0 Å². The summed E-state index contributed by atoms with van der Waals surface area (Å²) in [6, 6.07) is 3.88. The standard InChI is InChI=1S/C12H14F2O2/c1-8-7-12(15,5-6-16-8)9-3-2-4-10(13)11(9)14/h2-4,8,15H,5-7H2,1H3. The van der Waals surface area contributed by atoms with Crippen LogP contribution in [0.2, 0.25) is 0 Å². The van der Waals surface area contributed by atoms with E-state index in [9.17, 15) is 13.9 Å². The van der Waals surface area contributed by atoms with Gasteiger partial charge in [-0.1, -0.05) is 12.1 Å². The Labute approximate surface area is 92.9 Å². The lowest BCUT2D eigenvalue weighted by Gasteiger charge is -2.36. The topological polar surface area (TPSA) is 29.5 Å². The molecule has 1 N–H and O–H groups in total. The van der Waals surface area contributed by atoms with Crippen LogP contribution in [0.25, 0.3) is 0 Å². The summed E-state index contributed by atoms with van der Waals surface area (Å²) in [6.45, 7) is 2.16. The van der Waals surface area contributed by atoms with Gasteiger partial charge in [0.1, 0.15) is 0 Å². The van der Waals surface area contributed by atoms with Crippen molar-refractivity contribution < 1.29 is 18.6 Å². The minimum atomic E-state index is -1.32. The van der Waals surface area contributed by atoms with Crippen LogP contribution in [0.3, 0.4) is 0 Å². The minimum Gasteiger partial charge on any atom is -0.385 e. The molecule has 0 amide bonds. The SMILES string of the molecule is CC1CC(O)(c2cccc(F)c2F)CCO1. The van der Waals surface area contributed by atoms with Gasteiger partial charge in [0.15, 0.2) is 11.6 Å². The zero-order valence-electron chi connectivity index (χ0n) is 9.04. The first kappa shape index (κ1) is 11.5. The van der Waals surface area contributed by atoms with Crippen LogP contribution < -0.4 is 0 Å². The highest BCUT2D eigenvalue weighted by molar-refractivity contribution is 5.26. The zero-order valence-corrected chi connectivity index (χ0v) is 9.04. The second kappa shape index (κ2) is 4.11. The van der Waals surface area contributed by atoms with Crippen molar-refractivity contribution in [3.05, 3.63) is 35.4 Å². The second-order valence-electron chi connectivity index (χ2n) is 4.27. The Bertz CT molecular complexity index is 395. The van der Waals surface area contributed by atoms with Crippen LogP contribution in [0.4, 0.5) is 8.78 Å². The van der Waals surface area contributed by atoms with Crippen molar-refractivity contribution in [2.75, 3.05) is 6.61 Å². The summed E-state index contributed by atoms with van der Waals surface area (Å²) < 4.78 is 32.0. The molecule has 4 heteroatoms. The summed E-state index contributed by atoms with van der Waals surface area (Å²) in [7, 11) is 0. The summed E-state index contributed by atoms with van der Waals surface area (Å²) in [5.74, 6) is -1.89. The molecule has 1 aromatic rings. The van der Waals surface area contributed by atoms with Gasteiger partial charge in [-0.25, -0.2) is 8.78 Å². The van der Waals surface area contributed by atoms with E-state index in [1.165, 1.54) is 12.1 Å². The van der Waals surface area contributed by atoms with Gasteiger partial charge in [-0.15, -0.1) is 0 Å². The Morgan fingerprint density at radius 1 is 1.44 bits per heavy atom. The van der Waals surface area contributed by atoms with Gasteiger partial charge in [0, 0.05) is 18.4 Å². The number of halogens is 2. The maximum atomic E-state index is 13.6. The van der Waals surface area contributed by atoms with Crippen molar-refractivity contribution >= 4 is 0 Å². The highest BCUT2D eigenvalue weighted by Crippen LogP contribution is 2.36. The third kappa shape index (κ3) is 1.95. The fraction of sp³-hybridized carbons (Fsp3) is 0.500. The molecule has 2 rings (SSSR count). The van der Waals surface area contributed by atoms with E-state index < -0.39 is 17.2 Å². The lowest BCUT2D eigenvalue weighted by Crippen LogP contribution is -2.38. The minimum absolute atomic E-state index is 0.0302. The monoisotopic (exact) mass is 228 g/mol. The largest absolute Gasteiger partial charge is 0.385 e. The van der Waals surface area contributed by atoms with E-state index in [1.807, 2.05) is 0 Å². The van der Waals surface area contributed by atoms with Gasteiger partial charge in [0.25, 0.3) is 0 Å². The third-order valence-electron chi connectivity index (χ3n) is 3.00. The van der Waals surface area contributed by atoms with E-state index >= 15 is 0 Å². The van der Waals surface area contributed by atoms with Crippen LogP contribution in [-0.4, -0.2) is 17.8 Å². The molecule has 1 saturated heterocycles. The molecule has 1 fully saturated rings. The fourth-order valence-electron chi connectivity index (χ4n) is 2.17. The van der Waals surface area contributed by atoms with Gasteiger partial charge in [-0.3, -0.25) is 0 Å². The molecule has 0 aliphatic carbocycles. The van der Waals surface area contributed by atoms with Crippen LogP contribution in [-0.2, 0) is 10.3 Å². The number of aliphatic hydroxyl groups is 1. The van der Waals surface area contributed by atoms with Gasteiger partial charge in [-0.05, 0) is 13.0 Å². The maximum Gasteiger partial charge on any atom is 0.164 e. The van der Waals surface area contributed by atoms with Crippen molar-refractivity contribution in [3.63, 3.8) is 0 Å². The van der Waals surface area contributed by atoms with Gasteiger partial charge >= 0.3 is 0 Å². The first-order valence-electron chi connectivity index (χ1n) is 5.31. The van der Waals surface area contributed by atoms with E-state index in [2.05, 4.69) is 0 Å². The van der Waals surface area contributed by atoms with Crippen LogP contribution in [0.5, 0.6) is 0 Å². The lowest BCUT2D eigenvalue weighted by molar-refractivity contribution is -0.103. The molecule has 88 valence electrons. The molecule has 2 unspecified atom stereocenters. The molecule has 1 aliphatic rings. The van der Waals surface area contributed by atoms with Crippen LogP contribution in [0.15, 0.2) is 18.2 Å². The van der Waals surface area contributed by atoms with E-state index in [1.54, 1.807) is 6.92 Å². The zero-order chi connectivity index (χ0) is 11.8. The van der Waals surface area contributed by atoms with Crippen LogP contribution >= 0.6 is 0 Å². The number of benzene rings is 1. The van der Waals surface area contributed by atoms with Gasteiger partial charge < -0.3 is 9.84 Å². The van der Waals surface area contributed by atoms with E-state index in [4.69, 9.17) is 4.74 Å². The quantitative estimate of drug-likeness (QED) is 0.799. The molecule has 0 radical (unpaired) electrons. The van der Waals surface area contributed by atoms with Gasteiger partial charge in [0.05, 0.1) is 18.3 Å². The smallest absolute Gasteiger partial charge is 0.164 e. The first-order valence-corrected chi connectivity index (χ1v) is 5.31. The summed E-state index contributed by atoms with van der Waals surface area (Å²) >= 11 is 0. The van der Waals surface area contributed by atoms with Crippen molar-refractivity contribution in [2.45, 2.75) is 31.5 Å². The van der Waals surface area contributed by atoms with Crippen molar-refractivity contribution in [1.82, 2.24) is 0 Å². The van der Waals surface area contributed by atoms with Crippen molar-refractivity contribution in [3.8, 4) is 0 Å². The summed E-state index contributed by atoms with van der Waals surface area (Å²) in [4.78, 5) is 0. The molecular weight excluding hydrogens is 214 g/mol. The molecule has 16 heavy (non-hydrogen) atoms. The van der Waals surface area contributed by atoms with Gasteiger partial charge in [0.2, 0.25) is 0 Å². The molecule has 2 atom stereocenters. The molecule has 2 nitrogen and oxygen atoms in total. The van der Waals surface area contributed by atoms with E-state index in [0.717, 1.165) is 6.07 Å². The van der Waals surface area contributed by atoms with Crippen LogP contribution in [0.1, 0.15) is 25.3 Å². The molecule has 1 aliphatic heterocycles. The van der Waals surface area contributed by atoms with Crippen LogP contribution in [0, 0.1) is 11.6 Å². The molecule has 0 spiro atoms. The molecule has 1 heterocycles. The predicted octanol–water partition coefficient (Wildman–Crippen LogP) is 2.35. The molecule has 0 aromatic heterocycles. The average molecular weight is 228 g/mol. The predicted molar refractivity (Wildman–Crippen MR) is 54.9 cm³/mol. The highest BCUT2D eigenvalue weighted by Gasteiger charge is 2.37. The normalized spacial score (nSPS) is 30.4. The highest BCUT2D eigenvalue weighted by atomic mass is 19.2. The summed E-state index contributed by atoms with van der Waals surface area (Å²) in [5.41, 5.74) is -1.29. The maximum absolute atomic E-state index is 13.6.